The summed E-state index contributed by atoms with van der Waals surface area (Å²) in [6.45, 7) is 2.16. The van der Waals surface area contributed by atoms with Gasteiger partial charge >= 0.3 is 0 Å². The van der Waals surface area contributed by atoms with E-state index in [0.29, 0.717) is 12.1 Å². The van der Waals surface area contributed by atoms with E-state index in [9.17, 15) is 5.11 Å². The van der Waals surface area contributed by atoms with Crippen LogP contribution in [0.3, 0.4) is 0 Å². The number of hydrogen-bond acceptors (Lipinski definition) is 4. The third-order valence-electron chi connectivity index (χ3n) is 3.62. The topological polar surface area (TPSA) is 87.0 Å². The summed E-state index contributed by atoms with van der Waals surface area (Å²) in [5.74, 6) is 0. The van der Waals surface area contributed by atoms with Crippen LogP contribution in [-0.2, 0) is 6.42 Å². The third-order valence-corrected chi connectivity index (χ3v) is 3.62. The molecule has 2 aromatic heterocycles. The minimum Gasteiger partial charge on any atom is -0.397 e. The fraction of sp³-hybridized carbons (Fsp3) is 0.188. The van der Waals surface area contributed by atoms with Crippen LogP contribution in [0.5, 0.6) is 0 Å². The number of nitrogen functional groups attached to an aromatic ring is 1. The molecule has 0 radical (unpaired) electrons. The number of anilines is 3. The number of H-pyrrole nitrogens is 1. The number of nitrogens with zero attached hydrogens (tertiary/aromatic N) is 1. The molecule has 5 nitrogen and oxygen atoms in total. The zero-order valence-corrected chi connectivity index (χ0v) is 11.9. The van der Waals surface area contributed by atoms with E-state index < -0.39 is 0 Å². The zero-order valence-electron chi connectivity index (χ0n) is 11.9. The molecule has 0 saturated heterocycles. The first-order valence-corrected chi connectivity index (χ1v) is 6.87. The molecule has 0 aliphatic carbocycles. The van der Waals surface area contributed by atoms with E-state index in [-0.39, 0.29) is 6.61 Å². The first kappa shape index (κ1) is 13.5. The summed E-state index contributed by atoms with van der Waals surface area (Å²) in [6, 6.07) is 7.85. The molecule has 3 aromatic rings. The van der Waals surface area contributed by atoms with Crippen molar-refractivity contribution in [2.45, 2.75) is 13.3 Å². The monoisotopic (exact) mass is 282 g/mol. The Morgan fingerprint density at radius 2 is 2.19 bits per heavy atom. The number of aromatic amines is 1. The van der Waals surface area contributed by atoms with Crippen LogP contribution in [0.2, 0.25) is 0 Å². The number of benzene rings is 1. The van der Waals surface area contributed by atoms with E-state index in [2.05, 4.69) is 21.4 Å². The first-order chi connectivity index (χ1) is 10.2. The molecule has 21 heavy (non-hydrogen) atoms. The zero-order chi connectivity index (χ0) is 14.8. The lowest BCUT2D eigenvalue weighted by Crippen LogP contribution is -1.97. The second kappa shape index (κ2) is 5.46. The maximum atomic E-state index is 9.21. The highest BCUT2D eigenvalue weighted by Crippen LogP contribution is 2.28. The molecule has 0 aliphatic heterocycles. The molecular formula is C16H18N4O. The van der Waals surface area contributed by atoms with E-state index in [4.69, 9.17) is 5.73 Å². The van der Waals surface area contributed by atoms with E-state index in [1.807, 2.05) is 19.1 Å². The first-order valence-electron chi connectivity index (χ1n) is 6.87. The molecule has 2 heterocycles. The van der Waals surface area contributed by atoms with Crippen LogP contribution in [0.1, 0.15) is 11.3 Å². The van der Waals surface area contributed by atoms with Gasteiger partial charge in [0.1, 0.15) is 0 Å². The van der Waals surface area contributed by atoms with E-state index >= 15 is 0 Å². The van der Waals surface area contributed by atoms with Gasteiger partial charge in [-0.15, -0.1) is 0 Å². The SMILES string of the molecule is Cc1[nH]c2ccc(Nc3cnccc3N)cc2c1CCO. The van der Waals surface area contributed by atoms with Gasteiger partial charge in [-0.2, -0.15) is 0 Å². The highest BCUT2D eigenvalue weighted by atomic mass is 16.2. The largest absolute Gasteiger partial charge is 0.397 e. The quantitative estimate of drug-likeness (QED) is 0.592. The number of aryl methyl sites for hydroxylation is 1. The Balaban J connectivity index is 2.00. The summed E-state index contributed by atoms with van der Waals surface area (Å²) in [5.41, 5.74) is 11.6. The van der Waals surface area contributed by atoms with Crippen molar-refractivity contribution in [2.75, 3.05) is 17.7 Å². The number of hydrogen-bond donors (Lipinski definition) is 4. The van der Waals surface area contributed by atoms with E-state index in [0.717, 1.165) is 33.5 Å². The van der Waals surface area contributed by atoms with E-state index in [1.54, 1.807) is 18.5 Å². The lowest BCUT2D eigenvalue weighted by Gasteiger charge is -2.09. The summed E-state index contributed by atoms with van der Waals surface area (Å²) >= 11 is 0. The van der Waals surface area contributed by atoms with Gasteiger partial charge in [0.05, 0.1) is 17.6 Å². The van der Waals surface area contributed by atoms with Crippen molar-refractivity contribution in [1.82, 2.24) is 9.97 Å². The molecule has 5 heteroatoms. The predicted molar refractivity (Wildman–Crippen MR) is 85.8 cm³/mol. The van der Waals surface area contributed by atoms with Gasteiger partial charge in [0.25, 0.3) is 0 Å². The van der Waals surface area contributed by atoms with Gasteiger partial charge in [0.15, 0.2) is 0 Å². The van der Waals surface area contributed by atoms with Gasteiger partial charge in [0.2, 0.25) is 0 Å². The lowest BCUT2D eigenvalue weighted by atomic mass is 10.1. The number of nitrogens with two attached hydrogens (primary N) is 1. The lowest BCUT2D eigenvalue weighted by molar-refractivity contribution is 0.300. The van der Waals surface area contributed by atoms with E-state index in [1.165, 1.54) is 0 Å². The standard InChI is InChI=1S/C16H18N4O/c1-10-12(5-7-21)13-8-11(2-3-15(13)19-10)20-16-9-18-6-4-14(16)17/h2-4,6,8-9,19-21H,5,7H2,1H3,(H2,17,18). The number of rotatable bonds is 4. The minimum absolute atomic E-state index is 0.140. The van der Waals surface area contributed by atoms with Gasteiger partial charge in [-0.05, 0) is 43.2 Å². The highest BCUT2D eigenvalue weighted by Gasteiger charge is 2.09. The van der Waals surface area contributed by atoms with Crippen LogP contribution in [0, 0.1) is 6.92 Å². The van der Waals surface area contributed by atoms with Gasteiger partial charge in [0, 0.05) is 35.1 Å². The van der Waals surface area contributed by atoms with Gasteiger partial charge < -0.3 is 21.1 Å². The number of pyridine rings is 1. The fourth-order valence-electron chi connectivity index (χ4n) is 2.56. The van der Waals surface area contributed by atoms with Gasteiger partial charge in [-0.25, -0.2) is 0 Å². The van der Waals surface area contributed by atoms with Crippen LogP contribution in [-0.4, -0.2) is 21.7 Å². The molecule has 0 aliphatic rings. The fourth-order valence-corrected chi connectivity index (χ4v) is 2.56. The number of aliphatic hydroxyl groups is 1. The average Bonchev–Trinajstić information content (AvgIpc) is 2.78. The van der Waals surface area contributed by atoms with Crippen LogP contribution in [0.15, 0.2) is 36.7 Å². The molecule has 0 atom stereocenters. The Morgan fingerprint density at radius 3 is 2.95 bits per heavy atom. The summed E-state index contributed by atoms with van der Waals surface area (Å²) in [5, 5.41) is 13.6. The molecule has 3 rings (SSSR count). The number of nitrogens with one attached hydrogen (secondary N) is 2. The van der Waals surface area contributed by atoms with Crippen LogP contribution >= 0.6 is 0 Å². The summed E-state index contributed by atoms with van der Waals surface area (Å²) < 4.78 is 0. The maximum Gasteiger partial charge on any atom is 0.0804 e. The van der Waals surface area contributed by atoms with Crippen molar-refractivity contribution in [3.8, 4) is 0 Å². The summed E-state index contributed by atoms with van der Waals surface area (Å²) in [7, 11) is 0. The van der Waals surface area contributed by atoms with Crippen LogP contribution < -0.4 is 11.1 Å². The molecule has 1 aromatic carbocycles. The average molecular weight is 282 g/mol. The van der Waals surface area contributed by atoms with Crippen LogP contribution in [0.25, 0.3) is 10.9 Å². The number of fused-ring (bicyclic) bond motifs is 1. The Kier molecular flexibility index (Phi) is 3.50. The summed E-state index contributed by atoms with van der Waals surface area (Å²) in [4.78, 5) is 7.41. The second-order valence-corrected chi connectivity index (χ2v) is 5.05. The van der Waals surface area contributed by atoms with Gasteiger partial charge in [-0.3, -0.25) is 4.98 Å². The molecule has 0 bridgehead atoms. The normalized spacial score (nSPS) is 11.0. The summed E-state index contributed by atoms with van der Waals surface area (Å²) in [6.07, 6.45) is 4.01. The van der Waals surface area contributed by atoms with Crippen molar-refractivity contribution in [1.29, 1.82) is 0 Å². The highest BCUT2D eigenvalue weighted by molar-refractivity contribution is 5.89. The molecule has 108 valence electrons. The second-order valence-electron chi connectivity index (χ2n) is 5.05. The number of aliphatic hydroxyl groups excluding tert-OH is 1. The van der Waals surface area contributed by atoms with Crippen molar-refractivity contribution >= 4 is 28.0 Å². The molecular weight excluding hydrogens is 264 g/mol. The molecule has 5 N–H and O–H groups in total. The number of aromatic nitrogens is 2. The molecule has 0 spiro atoms. The molecule has 0 amide bonds. The van der Waals surface area contributed by atoms with Crippen molar-refractivity contribution in [2.24, 2.45) is 0 Å². The Hall–Kier alpha value is -2.53. The predicted octanol–water partition coefficient (Wildman–Crippen LogP) is 2.73. The minimum atomic E-state index is 0.140. The van der Waals surface area contributed by atoms with Crippen molar-refractivity contribution in [3.05, 3.63) is 47.9 Å². The smallest absolute Gasteiger partial charge is 0.0804 e. The van der Waals surface area contributed by atoms with Crippen molar-refractivity contribution < 1.29 is 5.11 Å². The molecule has 0 fully saturated rings. The Bertz CT molecular complexity index is 779. The Labute approximate surface area is 122 Å². The van der Waals surface area contributed by atoms with Gasteiger partial charge in [-0.1, -0.05) is 0 Å². The van der Waals surface area contributed by atoms with Crippen molar-refractivity contribution in [3.63, 3.8) is 0 Å². The molecule has 0 saturated carbocycles. The van der Waals surface area contributed by atoms with Crippen LogP contribution in [0.4, 0.5) is 17.1 Å². The Morgan fingerprint density at radius 1 is 1.33 bits per heavy atom. The maximum absolute atomic E-state index is 9.21. The third kappa shape index (κ3) is 2.55. The molecule has 0 unspecified atom stereocenters.